The van der Waals surface area contributed by atoms with Gasteiger partial charge in [0.15, 0.2) is 0 Å². The minimum atomic E-state index is -4.68. The molecular weight excluding hydrogens is 429 g/mol. The first-order valence-corrected chi connectivity index (χ1v) is 11.4. The number of sulfonamides is 1. The van der Waals surface area contributed by atoms with E-state index in [2.05, 4.69) is 15.0 Å². The highest BCUT2D eigenvalue weighted by Gasteiger charge is 2.34. The molecule has 0 radical (unpaired) electrons. The first kappa shape index (κ1) is 21.4. The molecule has 10 heteroatoms. The first-order chi connectivity index (χ1) is 14.7. The summed E-state index contributed by atoms with van der Waals surface area (Å²) in [5, 5.41) is 8.36. The van der Waals surface area contributed by atoms with Gasteiger partial charge in [-0.15, -0.1) is 5.10 Å². The summed E-state index contributed by atoms with van der Waals surface area (Å²) in [6, 6.07) is 10.3. The van der Waals surface area contributed by atoms with Gasteiger partial charge < -0.3 is 0 Å². The summed E-state index contributed by atoms with van der Waals surface area (Å²) < 4.78 is 68.8. The van der Waals surface area contributed by atoms with Crippen LogP contribution in [0.3, 0.4) is 0 Å². The Morgan fingerprint density at radius 3 is 2.48 bits per heavy atom. The summed E-state index contributed by atoms with van der Waals surface area (Å²) in [7, 11) is -4.25. The number of anilines is 1. The molecule has 1 fully saturated rings. The topological polar surface area (TPSA) is 76.9 Å². The van der Waals surface area contributed by atoms with E-state index in [1.165, 1.54) is 41.4 Å². The lowest BCUT2D eigenvalue weighted by molar-refractivity contribution is -0.136. The minimum absolute atomic E-state index is 0.170. The number of hydrogen-bond acceptors (Lipinski definition) is 4. The number of nitrogens with one attached hydrogen (secondary N) is 1. The van der Waals surface area contributed by atoms with E-state index in [9.17, 15) is 21.6 Å². The van der Waals surface area contributed by atoms with Gasteiger partial charge in [-0.3, -0.25) is 4.72 Å². The molecule has 31 heavy (non-hydrogen) atoms. The zero-order valence-corrected chi connectivity index (χ0v) is 17.3. The fourth-order valence-electron chi connectivity index (χ4n) is 3.80. The summed E-state index contributed by atoms with van der Waals surface area (Å²) in [5.41, 5.74) is -0.254. The molecule has 1 heterocycles. The van der Waals surface area contributed by atoms with E-state index < -0.39 is 27.5 Å². The van der Waals surface area contributed by atoms with Crippen LogP contribution in [-0.2, 0) is 16.2 Å². The van der Waals surface area contributed by atoms with Crippen molar-refractivity contribution in [3.8, 4) is 5.69 Å². The molecule has 0 amide bonds. The van der Waals surface area contributed by atoms with Crippen molar-refractivity contribution in [1.29, 1.82) is 0 Å². The number of nitrogens with zero attached hydrogens (tertiary/aromatic N) is 3. The molecule has 2 aromatic carbocycles. The van der Waals surface area contributed by atoms with Gasteiger partial charge >= 0.3 is 6.18 Å². The van der Waals surface area contributed by atoms with Crippen molar-refractivity contribution in [2.24, 2.45) is 0 Å². The molecule has 1 aromatic heterocycles. The molecule has 164 valence electrons. The fourth-order valence-corrected chi connectivity index (χ4v) is 4.92. The van der Waals surface area contributed by atoms with Crippen molar-refractivity contribution in [3.05, 3.63) is 66.0 Å². The highest BCUT2D eigenvalue weighted by molar-refractivity contribution is 7.92. The molecule has 0 spiro atoms. The van der Waals surface area contributed by atoms with Crippen LogP contribution in [0.15, 0.2) is 59.6 Å². The normalized spacial score (nSPS) is 15.7. The molecule has 1 aliphatic carbocycles. The van der Waals surface area contributed by atoms with Gasteiger partial charge in [0.25, 0.3) is 10.0 Å². The van der Waals surface area contributed by atoms with E-state index in [4.69, 9.17) is 0 Å². The van der Waals surface area contributed by atoms with Gasteiger partial charge in [0.1, 0.15) is 0 Å². The van der Waals surface area contributed by atoms with Gasteiger partial charge in [-0.2, -0.15) is 13.2 Å². The van der Waals surface area contributed by atoms with Gasteiger partial charge in [-0.1, -0.05) is 42.7 Å². The van der Waals surface area contributed by atoms with Gasteiger partial charge in [0, 0.05) is 5.92 Å². The van der Waals surface area contributed by atoms with Crippen molar-refractivity contribution in [2.45, 2.75) is 49.1 Å². The summed E-state index contributed by atoms with van der Waals surface area (Å²) >= 11 is 0. The van der Waals surface area contributed by atoms with Crippen LogP contribution in [-0.4, -0.2) is 23.4 Å². The summed E-state index contributed by atoms with van der Waals surface area (Å²) in [6.07, 6.45) is 2.72. The summed E-state index contributed by atoms with van der Waals surface area (Å²) in [5.74, 6) is 0.343. The molecule has 1 N–H and O–H groups in total. The SMILES string of the molecule is O=S(=O)(Nc1ccccc1C(F)(F)F)c1cccc(-n2cc(C3CCCCC3)nn2)c1. The second-order valence-electron chi connectivity index (χ2n) is 7.57. The molecule has 3 aromatic rings. The number of rotatable bonds is 5. The van der Waals surface area contributed by atoms with E-state index in [1.54, 1.807) is 12.3 Å². The highest BCUT2D eigenvalue weighted by Crippen LogP contribution is 2.35. The van der Waals surface area contributed by atoms with Gasteiger partial charge in [-0.05, 0) is 43.2 Å². The second-order valence-corrected chi connectivity index (χ2v) is 9.25. The average molecular weight is 450 g/mol. The highest BCUT2D eigenvalue weighted by atomic mass is 32.2. The molecule has 1 saturated carbocycles. The average Bonchev–Trinajstić information content (AvgIpc) is 3.24. The molecule has 0 aliphatic heterocycles. The Balaban J connectivity index is 1.61. The van der Waals surface area contributed by atoms with Crippen LogP contribution in [0.4, 0.5) is 18.9 Å². The van der Waals surface area contributed by atoms with E-state index in [-0.39, 0.29) is 4.90 Å². The lowest BCUT2D eigenvalue weighted by atomic mass is 9.87. The predicted octanol–water partition coefficient (Wildman–Crippen LogP) is 5.13. The molecule has 6 nitrogen and oxygen atoms in total. The van der Waals surface area contributed by atoms with Crippen LogP contribution in [0.5, 0.6) is 0 Å². The Kier molecular flexibility index (Phi) is 5.74. The van der Waals surface area contributed by atoms with E-state index in [0.29, 0.717) is 11.6 Å². The van der Waals surface area contributed by atoms with Crippen molar-refractivity contribution < 1.29 is 21.6 Å². The number of halogens is 3. The first-order valence-electron chi connectivity index (χ1n) is 9.96. The van der Waals surface area contributed by atoms with Crippen molar-refractivity contribution in [1.82, 2.24) is 15.0 Å². The Labute approximate surface area is 178 Å². The van der Waals surface area contributed by atoms with Crippen LogP contribution < -0.4 is 4.72 Å². The van der Waals surface area contributed by atoms with Crippen molar-refractivity contribution >= 4 is 15.7 Å². The number of aromatic nitrogens is 3. The molecule has 0 unspecified atom stereocenters. The number of hydrogen-bond donors (Lipinski definition) is 1. The third kappa shape index (κ3) is 4.73. The number of benzene rings is 2. The third-order valence-electron chi connectivity index (χ3n) is 5.40. The van der Waals surface area contributed by atoms with Gasteiger partial charge in [0.2, 0.25) is 0 Å². The van der Waals surface area contributed by atoms with E-state index in [1.807, 2.05) is 0 Å². The van der Waals surface area contributed by atoms with E-state index in [0.717, 1.165) is 43.5 Å². The molecular formula is C21H21F3N4O2S. The van der Waals surface area contributed by atoms with Crippen molar-refractivity contribution in [2.75, 3.05) is 4.72 Å². The van der Waals surface area contributed by atoms with Crippen LogP contribution in [0, 0.1) is 0 Å². The van der Waals surface area contributed by atoms with Gasteiger partial charge in [-0.25, -0.2) is 13.1 Å². The Bertz CT molecular complexity index is 1170. The number of para-hydroxylation sites is 1. The van der Waals surface area contributed by atoms with Crippen LogP contribution in [0.25, 0.3) is 5.69 Å². The molecule has 0 atom stereocenters. The van der Waals surface area contributed by atoms with Crippen molar-refractivity contribution in [3.63, 3.8) is 0 Å². The maximum atomic E-state index is 13.2. The molecule has 1 aliphatic rings. The largest absolute Gasteiger partial charge is 0.418 e. The predicted molar refractivity (Wildman–Crippen MR) is 109 cm³/mol. The Morgan fingerprint density at radius 1 is 1.00 bits per heavy atom. The third-order valence-corrected chi connectivity index (χ3v) is 6.77. The summed E-state index contributed by atoms with van der Waals surface area (Å²) in [6.45, 7) is 0. The monoisotopic (exact) mass is 450 g/mol. The standard InChI is InChI=1S/C21H21F3N4O2S/c22-21(23,24)18-11-4-5-12-19(18)26-31(29,30)17-10-6-9-16(13-17)28-14-20(25-27-28)15-7-2-1-3-8-15/h4-6,9-15,26H,1-3,7-8H2. The van der Waals surface area contributed by atoms with Crippen LogP contribution in [0.2, 0.25) is 0 Å². The quantitative estimate of drug-likeness (QED) is 0.584. The lowest BCUT2D eigenvalue weighted by Crippen LogP contribution is -2.17. The Morgan fingerprint density at radius 2 is 1.74 bits per heavy atom. The van der Waals surface area contributed by atoms with Crippen LogP contribution >= 0.6 is 0 Å². The van der Waals surface area contributed by atoms with Gasteiger partial charge in [0.05, 0.1) is 33.7 Å². The van der Waals surface area contributed by atoms with Crippen LogP contribution in [0.1, 0.15) is 49.3 Å². The zero-order valence-electron chi connectivity index (χ0n) is 16.5. The molecule has 4 rings (SSSR count). The summed E-state index contributed by atoms with van der Waals surface area (Å²) in [4.78, 5) is -0.170. The second kappa shape index (κ2) is 8.33. The molecule has 0 bridgehead atoms. The smallest absolute Gasteiger partial charge is 0.279 e. The maximum Gasteiger partial charge on any atom is 0.418 e. The number of alkyl halides is 3. The lowest BCUT2D eigenvalue weighted by Gasteiger charge is -2.18. The van der Waals surface area contributed by atoms with E-state index >= 15 is 0 Å². The minimum Gasteiger partial charge on any atom is -0.279 e. The zero-order chi connectivity index (χ0) is 22.1. The Hall–Kier alpha value is -2.88. The maximum absolute atomic E-state index is 13.2. The molecule has 0 saturated heterocycles. The fraction of sp³-hybridized carbons (Fsp3) is 0.333.